The SMILES string of the molecule is COc1ccc(S(=O)(=O)N2CCN(c3ccccc3F)CC2)cc1C(=O)N1CCCCCC1. The molecule has 2 aliphatic rings. The predicted molar refractivity (Wildman–Crippen MR) is 125 cm³/mol. The first-order valence-corrected chi connectivity index (χ1v) is 12.8. The van der Waals surface area contributed by atoms with Gasteiger partial charge in [0.25, 0.3) is 5.91 Å². The summed E-state index contributed by atoms with van der Waals surface area (Å²) in [6.07, 6.45) is 4.07. The van der Waals surface area contributed by atoms with Crippen LogP contribution in [0.5, 0.6) is 5.75 Å². The molecule has 0 unspecified atom stereocenters. The van der Waals surface area contributed by atoms with Crippen LogP contribution < -0.4 is 9.64 Å². The molecule has 0 bridgehead atoms. The molecule has 0 aromatic heterocycles. The second-order valence-corrected chi connectivity index (χ2v) is 10.3. The van der Waals surface area contributed by atoms with Gasteiger partial charge in [0, 0.05) is 39.3 Å². The van der Waals surface area contributed by atoms with Gasteiger partial charge < -0.3 is 14.5 Å². The molecule has 0 N–H and O–H groups in total. The Morgan fingerprint density at radius 1 is 0.909 bits per heavy atom. The highest BCUT2D eigenvalue weighted by Gasteiger charge is 2.31. The Balaban J connectivity index is 1.54. The van der Waals surface area contributed by atoms with Crippen LogP contribution in [0.1, 0.15) is 36.0 Å². The molecule has 0 saturated carbocycles. The average molecular weight is 476 g/mol. The molecular formula is C24H30FN3O4S. The first-order chi connectivity index (χ1) is 15.9. The van der Waals surface area contributed by atoms with Crippen LogP contribution in [0.15, 0.2) is 47.4 Å². The smallest absolute Gasteiger partial charge is 0.257 e. The van der Waals surface area contributed by atoms with Crippen LogP contribution in [0.25, 0.3) is 0 Å². The van der Waals surface area contributed by atoms with Crippen molar-refractivity contribution < 1.29 is 22.3 Å². The fourth-order valence-corrected chi connectivity index (χ4v) is 5.93. The van der Waals surface area contributed by atoms with E-state index in [-0.39, 0.29) is 35.3 Å². The highest BCUT2D eigenvalue weighted by Crippen LogP contribution is 2.28. The van der Waals surface area contributed by atoms with Crippen LogP contribution in [-0.4, -0.2) is 69.9 Å². The molecule has 2 heterocycles. The topological polar surface area (TPSA) is 70.2 Å². The maximum absolute atomic E-state index is 14.1. The lowest BCUT2D eigenvalue weighted by atomic mass is 10.1. The Kier molecular flexibility index (Phi) is 7.19. The van der Waals surface area contributed by atoms with E-state index in [2.05, 4.69) is 0 Å². The molecule has 2 saturated heterocycles. The van der Waals surface area contributed by atoms with Crippen molar-refractivity contribution >= 4 is 21.6 Å². The number of carbonyl (C=O) groups is 1. The molecule has 2 aliphatic heterocycles. The molecule has 0 atom stereocenters. The molecule has 0 radical (unpaired) electrons. The lowest BCUT2D eigenvalue weighted by Gasteiger charge is -2.35. The maximum Gasteiger partial charge on any atom is 0.257 e. The summed E-state index contributed by atoms with van der Waals surface area (Å²) < 4.78 is 47.6. The van der Waals surface area contributed by atoms with Gasteiger partial charge in [-0.1, -0.05) is 25.0 Å². The maximum atomic E-state index is 14.1. The molecule has 0 aliphatic carbocycles. The molecule has 2 aromatic carbocycles. The number of likely N-dealkylation sites (tertiary alicyclic amines) is 1. The zero-order valence-electron chi connectivity index (χ0n) is 18.9. The van der Waals surface area contributed by atoms with Crippen molar-refractivity contribution in [2.24, 2.45) is 0 Å². The van der Waals surface area contributed by atoms with Gasteiger partial charge in [-0.2, -0.15) is 4.31 Å². The third kappa shape index (κ3) is 4.99. The van der Waals surface area contributed by atoms with E-state index in [0.29, 0.717) is 37.6 Å². The predicted octanol–water partition coefficient (Wildman–Crippen LogP) is 3.36. The van der Waals surface area contributed by atoms with Crippen molar-refractivity contribution in [3.63, 3.8) is 0 Å². The molecule has 0 spiro atoms. The largest absolute Gasteiger partial charge is 0.496 e. The monoisotopic (exact) mass is 475 g/mol. The lowest BCUT2D eigenvalue weighted by molar-refractivity contribution is 0.0758. The van der Waals surface area contributed by atoms with E-state index < -0.39 is 10.0 Å². The Labute approximate surface area is 194 Å². The van der Waals surface area contributed by atoms with Crippen LogP contribution >= 0.6 is 0 Å². The van der Waals surface area contributed by atoms with Crippen molar-refractivity contribution in [1.82, 2.24) is 9.21 Å². The number of nitrogens with zero attached hydrogens (tertiary/aromatic N) is 3. The number of amides is 1. The number of hydrogen-bond acceptors (Lipinski definition) is 5. The summed E-state index contributed by atoms with van der Waals surface area (Å²) in [6.45, 7) is 2.57. The number of piperazine rings is 1. The Morgan fingerprint density at radius 2 is 1.58 bits per heavy atom. The van der Waals surface area contributed by atoms with Crippen molar-refractivity contribution in [2.45, 2.75) is 30.6 Å². The van der Waals surface area contributed by atoms with Crippen LogP contribution in [0.3, 0.4) is 0 Å². The number of anilines is 1. The minimum atomic E-state index is -3.81. The van der Waals surface area contributed by atoms with Gasteiger partial charge in [-0.25, -0.2) is 12.8 Å². The Bertz CT molecular complexity index is 1090. The van der Waals surface area contributed by atoms with Gasteiger partial charge in [-0.15, -0.1) is 0 Å². The van der Waals surface area contributed by atoms with Gasteiger partial charge in [-0.05, 0) is 43.2 Å². The number of para-hydroxylation sites is 1. The van der Waals surface area contributed by atoms with Crippen LogP contribution in [0.4, 0.5) is 10.1 Å². The number of methoxy groups -OCH3 is 1. The number of halogens is 1. The quantitative estimate of drug-likeness (QED) is 0.663. The fourth-order valence-electron chi connectivity index (χ4n) is 4.49. The molecule has 7 nitrogen and oxygen atoms in total. The number of hydrogen-bond donors (Lipinski definition) is 0. The van der Waals surface area contributed by atoms with Crippen LogP contribution in [0, 0.1) is 5.82 Å². The first-order valence-electron chi connectivity index (χ1n) is 11.4. The minimum Gasteiger partial charge on any atom is -0.496 e. The van der Waals surface area contributed by atoms with E-state index >= 15 is 0 Å². The third-order valence-electron chi connectivity index (χ3n) is 6.36. The number of benzene rings is 2. The van der Waals surface area contributed by atoms with E-state index in [9.17, 15) is 17.6 Å². The van der Waals surface area contributed by atoms with Gasteiger partial charge >= 0.3 is 0 Å². The van der Waals surface area contributed by atoms with Crippen molar-refractivity contribution in [3.8, 4) is 5.75 Å². The first kappa shape index (κ1) is 23.5. The summed E-state index contributed by atoms with van der Waals surface area (Å²) in [6, 6.07) is 11.0. The van der Waals surface area contributed by atoms with Crippen molar-refractivity contribution in [2.75, 3.05) is 51.3 Å². The summed E-state index contributed by atoms with van der Waals surface area (Å²) in [5, 5.41) is 0. The number of ether oxygens (including phenoxy) is 1. The van der Waals surface area contributed by atoms with Gasteiger partial charge in [0.2, 0.25) is 10.0 Å². The molecule has 33 heavy (non-hydrogen) atoms. The van der Waals surface area contributed by atoms with E-state index in [4.69, 9.17) is 4.74 Å². The Hall–Kier alpha value is -2.65. The lowest BCUT2D eigenvalue weighted by Crippen LogP contribution is -2.49. The van der Waals surface area contributed by atoms with E-state index in [1.165, 1.54) is 29.6 Å². The molecule has 1 amide bonds. The van der Waals surface area contributed by atoms with Gasteiger partial charge in [0.15, 0.2) is 0 Å². The zero-order chi connectivity index (χ0) is 23.4. The van der Waals surface area contributed by atoms with Crippen LogP contribution in [-0.2, 0) is 10.0 Å². The molecule has 178 valence electrons. The summed E-state index contributed by atoms with van der Waals surface area (Å²) >= 11 is 0. The third-order valence-corrected chi connectivity index (χ3v) is 8.26. The minimum absolute atomic E-state index is 0.0702. The van der Waals surface area contributed by atoms with E-state index in [1.54, 1.807) is 29.2 Å². The van der Waals surface area contributed by atoms with Crippen molar-refractivity contribution in [3.05, 3.63) is 53.8 Å². The van der Waals surface area contributed by atoms with Crippen molar-refractivity contribution in [1.29, 1.82) is 0 Å². The van der Waals surface area contributed by atoms with Gasteiger partial charge in [0.1, 0.15) is 11.6 Å². The fraction of sp³-hybridized carbons (Fsp3) is 0.458. The average Bonchev–Trinajstić information content (AvgIpc) is 3.13. The van der Waals surface area contributed by atoms with Crippen LogP contribution in [0.2, 0.25) is 0 Å². The van der Waals surface area contributed by atoms with Gasteiger partial charge in [0.05, 0.1) is 23.3 Å². The highest BCUT2D eigenvalue weighted by molar-refractivity contribution is 7.89. The molecule has 2 aromatic rings. The summed E-state index contributed by atoms with van der Waals surface area (Å²) in [5.41, 5.74) is 0.745. The standard InChI is InChI=1S/C24H30FN3O4S/c1-32-23-11-10-19(18-20(23)24(29)27-12-6-2-3-7-13-27)33(30,31)28-16-14-26(15-17-28)22-9-5-4-8-21(22)25/h4-5,8-11,18H,2-3,6-7,12-17H2,1H3. The number of rotatable bonds is 5. The second kappa shape index (κ2) is 10.1. The molecule has 9 heteroatoms. The normalized spacial score (nSPS) is 18.1. The zero-order valence-corrected chi connectivity index (χ0v) is 19.7. The Morgan fingerprint density at radius 3 is 2.21 bits per heavy atom. The number of carbonyl (C=O) groups excluding carboxylic acids is 1. The van der Waals surface area contributed by atoms with E-state index in [1.807, 2.05) is 4.90 Å². The summed E-state index contributed by atoms with van der Waals surface area (Å²) in [4.78, 5) is 16.9. The summed E-state index contributed by atoms with van der Waals surface area (Å²) in [5.74, 6) is -0.150. The highest BCUT2D eigenvalue weighted by atomic mass is 32.2. The molecule has 2 fully saturated rings. The number of sulfonamides is 1. The molecule has 4 rings (SSSR count). The summed E-state index contributed by atoms with van der Waals surface area (Å²) in [7, 11) is -2.33. The molecular weight excluding hydrogens is 445 g/mol. The van der Waals surface area contributed by atoms with E-state index in [0.717, 1.165) is 25.7 Å². The van der Waals surface area contributed by atoms with Gasteiger partial charge in [-0.3, -0.25) is 4.79 Å². The second-order valence-electron chi connectivity index (χ2n) is 8.41.